The molecular formula is C6H9F3O4. The van der Waals surface area contributed by atoms with Crippen molar-refractivity contribution in [3.63, 3.8) is 0 Å². The summed E-state index contributed by atoms with van der Waals surface area (Å²) in [6.45, 7) is -0.739. The van der Waals surface area contributed by atoms with Crippen LogP contribution in [-0.4, -0.2) is 46.1 Å². The Balaban J connectivity index is 2.73. The first kappa shape index (κ1) is 10.7. The van der Waals surface area contributed by atoms with Gasteiger partial charge in [0.15, 0.2) is 0 Å². The van der Waals surface area contributed by atoms with E-state index in [0.717, 1.165) is 0 Å². The van der Waals surface area contributed by atoms with Crippen molar-refractivity contribution < 1.29 is 33.2 Å². The molecule has 1 aliphatic heterocycles. The molecule has 0 aliphatic carbocycles. The van der Waals surface area contributed by atoms with Crippen molar-refractivity contribution in [2.24, 2.45) is 0 Å². The molecule has 0 saturated carbocycles. The lowest BCUT2D eigenvalue weighted by Gasteiger charge is -2.38. The standard InChI is InChI=1S/C6H9F3O4/c7-6(8,9)5(12)1-3(10)4(11)2-13-5/h3-4,10-12H,1-2H2. The average molecular weight is 202 g/mol. The summed E-state index contributed by atoms with van der Waals surface area (Å²) in [6, 6.07) is 0. The molecule has 0 bridgehead atoms. The van der Waals surface area contributed by atoms with Crippen LogP contribution in [0.1, 0.15) is 6.42 Å². The molecule has 0 aromatic heterocycles. The fourth-order valence-corrected chi connectivity index (χ4v) is 1.01. The second-order valence-corrected chi connectivity index (χ2v) is 2.93. The first-order chi connectivity index (χ1) is 5.76. The van der Waals surface area contributed by atoms with E-state index in [4.69, 9.17) is 15.3 Å². The molecule has 1 heterocycles. The van der Waals surface area contributed by atoms with Crippen LogP contribution in [0.15, 0.2) is 0 Å². The van der Waals surface area contributed by atoms with E-state index >= 15 is 0 Å². The topological polar surface area (TPSA) is 69.9 Å². The van der Waals surface area contributed by atoms with Gasteiger partial charge in [0.25, 0.3) is 5.79 Å². The van der Waals surface area contributed by atoms with Crippen LogP contribution in [0.3, 0.4) is 0 Å². The lowest BCUT2D eigenvalue weighted by molar-refractivity contribution is -0.392. The van der Waals surface area contributed by atoms with E-state index in [2.05, 4.69) is 4.74 Å². The van der Waals surface area contributed by atoms with Gasteiger partial charge in [0.05, 0.1) is 12.7 Å². The molecule has 13 heavy (non-hydrogen) atoms. The molecule has 0 aromatic carbocycles. The second kappa shape index (κ2) is 3.09. The summed E-state index contributed by atoms with van der Waals surface area (Å²) in [7, 11) is 0. The fourth-order valence-electron chi connectivity index (χ4n) is 1.01. The van der Waals surface area contributed by atoms with Crippen LogP contribution in [0.25, 0.3) is 0 Å². The molecule has 7 heteroatoms. The SMILES string of the molecule is OC1COC(O)(C(F)(F)F)CC1O. The maximum atomic E-state index is 12.1. The van der Waals surface area contributed by atoms with Gasteiger partial charge < -0.3 is 20.1 Å². The molecule has 4 nitrogen and oxygen atoms in total. The number of halogens is 3. The van der Waals surface area contributed by atoms with Crippen molar-refractivity contribution in [1.29, 1.82) is 0 Å². The van der Waals surface area contributed by atoms with E-state index in [1.807, 2.05) is 0 Å². The molecule has 0 aromatic rings. The van der Waals surface area contributed by atoms with Crippen molar-refractivity contribution in [2.75, 3.05) is 6.61 Å². The highest BCUT2D eigenvalue weighted by molar-refractivity contribution is 4.87. The molecule has 1 rings (SSSR count). The highest BCUT2D eigenvalue weighted by Crippen LogP contribution is 2.37. The number of hydrogen-bond donors (Lipinski definition) is 3. The summed E-state index contributed by atoms with van der Waals surface area (Å²) < 4.78 is 40.2. The zero-order chi connectivity index (χ0) is 10.3. The Hall–Kier alpha value is -0.370. The van der Waals surface area contributed by atoms with E-state index in [9.17, 15) is 13.2 Å². The average Bonchev–Trinajstić information content (AvgIpc) is 1.95. The highest BCUT2D eigenvalue weighted by Gasteiger charge is 2.58. The van der Waals surface area contributed by atoms with Gasteiger partial charge in [-0.05, 0) is 0 Å². The molecule has 1 fully saturated rings. The third-order valence-corrected chi connectivity index (χ3v) is 1.87. The number of hydrogen-bond acceptors (Lipinski definition) is 4. The Kier molecular flexibility index (Phi) is 2.54. The van der Waals surface area contributed by atoms with E-state index in [0.29, 0.717) is 0 Å². The van der Waals surface area contributed by atoms with E-state index in [1.54, 1.807) is 0 Å². The molecule has 0 amide bonds. The van der Waals surface area contributed by atoms with Crippen molar-refractivity contribution >= 4 is 0 Å². The Morgan fingerprint density at radius 1 is 1.23 bits per heavy atom. The van der Waals surface area contributed by atoms with Crippen LogP contribution in [0.2, 0.25) is 0 Å². The summed E-state index contributed by atoms with van der Waals surface area (Å²) in [5, 5.41) is 26.6. The first-order valence-corrected chi connectivity index (χ1v) is 3.55. The smallest absolute Gasteiger partial charge is 0.390 e. The monoisotopic (exact) mass is 202 g/mol. The molecule has 0 radical (unpaired) electrons. The van der Waals surface area contributed by atoms with Gasteiger partial charge >= 0.3 is 6.18 Å². The third-order valence-electron chi connectivity index (χ3n) is 1.87. The molecular weight excluding hydrogens is 193 g/mol. The van der Waals surface area contributed by atoms with E-state index in [1.165, 1.54) is 0 Å². The summed E-state index contributed by atoms with van der Waals surface area (Å²) in [5.74, 6) is -3.34. The van der Waals surface area contributed by atoms with E-state index in [-0.39, 0.29) is 0 Å². The Labute approximate surface area is 71.6 Å². The number of aliphatic hydroxyl groups is 3. The van der Waals surface area contributed by atoms with Crippen LogP contribution in [0.4, 0.5) is 13.2 Å². The third kappa shape index (κ3) is 1.93. The molecule has 1 saturated heterocycles. The van der Waals surface area contributed by atoms with Crippen molar-refractivity contribution in [1.82, 2.24) is 0 Å². The number of rotatable bonds is 0. The maximum Gasteiger partial charge on any atom is 0.443 e. The van der Waals surface area contributed by atoms with Gasteiger partial charge in [0.1, 0.15) is 6.10 Å². The zero-order valence-electron chi connectivity index (χ0n) is 6.45. The summed E-state index contributed by atoms with van der Waals surface area (Å²) >= 11 is 0. The van der Waals surface area contributed by atoms with E-state index < -0.39 is 37.2 Å². The van der Waals surface area contributed by atoms with Gasteiger partial charge in [0, 0.05) is 6.42 Å². The minimum absolute atomic E-state index is 0.739. The highest BCUT2D eigenvalue weighted by atomic mass is 19.4. The van der Waals surface area contributed by atoms with Gasteiger partial charge in [-0.15, -0.1) is 0 Å². The molecule has 3 atom stereocenters. The molecule has 78 valence electrons. The van der Waals surface area contributed by atoms with Crippen molar-refractivity contribution in [3.05, 3.63) is 0 Å². The van der Waals surface area contributed by atoms with Gasteiger partial charge in [-0.1, -0.05) is 0 Å². The van der Waals surface area contributed by atoms with Crippen LogP contribution < -0.4 is 0 Å². The molecule has 0 spiro atoms. The van der Waals surface area contributed by atoms with Gasteiger partial charge in [0.2, 0.25) is 0 Å². The summed E-state index contributed by atoms with van der Waals surface area (Å²) in [5.41, 5.74) is 0. The second-order valence-electron chi connectivity index (χ2n) is 2.93. The van der Waals surface area contributed by atoms with Crippen molar-refractivity contribution in [3.8, 4) is 0 Å². The Morgan fingerprint density at radius 3 is 2.15 bits per heavy atom. The van der Waals surface area contributed by atoms with Crippen LogP contribution in [-0.2, 0) is 4.74 Å². The van der Waals surface area contributed by atoms with Gasteiger partial charge in [-0.25, -0.2) is 0 Å². The maximum absolute atomic E-state index is 12.1. The summed E-state index contributed by atoms with van der Waals surface area (Å²) in [4.78, 5) is 0. The van der Waals surface area contributed by atoms with Gasteiger partial charge in [-0.3, -0.25) is 0 Å². The Morgan fingerprint density at radius 2 is 1.77 bits per heavy atom. The summed E-state index contributed by atoms with van der Waals surface area (Å²) in [6.07, 6.45) is -9.05. The fraction of sp³-hybridized carbons (Fsp3) is 1.00. The number of ether oxygens (including phenoxy) is 1. The normalized spacial score (nSPS) is 42.0. The van der Waals surface area contributed by atoms with Crippen molar-refractivity contribution in [2.45, 2.75) is 30.6 Å². The van der Waals surface area contributed by atoms with Gasteiger partial charge in [-0.2, -0.15) is 13.2 Å². The van der Waals surface area contributed by atoms with Crippen LogP contribution in [0.5, 0.6) is 0 Å². The lowest BCUT2D eigenvalue weighted by Crippen LogP contribution is -2.57. The predicted molar refractivity (Wildman–Crippen MR) is 33.6 cm³/mol. The molecule has 1 aliphatic rings. The minimum Gasteiger partial charge on any atom is -0.390 e. The number of aliphatic hydroxyl groups excluding tert-OH is 2. The lowest BCUT2D eigenvalue weighted by atomic mass is 10.0. The largest absolute Gasteiger partial charge is 0.443 e. The number of alkyl halides is 3. The molecule has 3 N–H and O–H groups in total. The molecule has 3 unspecified atom stereocenters. The minimum atomic E-state index is -4.96. The quantitative estimate of drug-likeness (QED) is 0.489. The predicted octanol–water partition coefficient (Wildman–Crippen LogP) is -0.621. The van der Waals surface area contributed by atoms with Crippen LogP contribution in [0, 0.1) is 0 Å². The Bertz CT molecular complexity index is 195. The zero-order valence-corrected chi connectivity index (χ0v) is 6.45. The van der Waals surface area contributed by atoms with Crippen LogP contribution >= 0.6 is 0 Å². The first-order valence-electron chi connectivity index (χ1n) is 3.55.